The van der Waals surface area contributed by atoms with Crippen LogP contribution in [0, 0.1) is 13.8 Å². The minimum absolute atomic E-state index is 0.165. The van der Waals surface area contributed by atoms with Gasteiger partial charge in [0.1, 0.15) is 12.2 Å². The molecule has 1 amide bonds. The van der Waals surface area contributed by atoms with Gasteiger partial charge >= 0.3 is 6.01 Å². The van der Waals surface area contributed by atoms with Crippen molar-refractivity contribution in [3.63, 3.8) is 0 Å². The molecule has 0 aromatic carbocycles. The Morgan fingerprint density at radius 3 is 2.60 bits per heavy atom. The second-order valence-corrected chi connectivity index (χ2v) is 5.17. The molecule has 0 saturated carbocycles. The summed E-state index contributed by atoms with van der Waals surface area (Å²) in [6.07, 6.45) is 2.75. The highest BCUT2D eigenvalue weighted by molar-refractivity contribution is 5.91. The maximum atomic E-state index is 12.3. The molecule has 2 rings (SSSR count). The number of aromatic nitrogens is 4. The number of rotatable bonds is 7. The highest BCUT2D eigenvalue weighted by atomic mass is 16.5. The van der Waals surface area contributed by atoms with E-state index in [2.05, 4.69) is 20.3 Å². The molecule has 2 aromatic heterocycles. The van der Waals surface area contributed by atoms with Crippen molar-refractivity contribution in [2.75, 3.05) is 18.5 Å². The first-order chi connectivity index (χ1) is 12.0. The molecule has 0 radical (unpaired) electrons. The van der Waals surface area contributed by atoms with E-state index in [0.29, 0.717) is 30.2 Å². The molecular formula is C16H21N5O4. The summed E-state index contributed by atoms with van der Waals surface area (Å²) in [6, 6.07) is 0.165. The first-order valence-electron chi connectivity index (χ1n) is 7.91. The highest BCUT2D eigenvalue weighted by Crippen LogP contribution is 2.23. The molecule has 0 spiro atoms. The third-order valence-corrected chi connectivity index (χ3v) is 3.39. The van der Waals surface area contributed by atoms with E-state index in [1.165, 1.54) is 17.1 Å². The third kappa shape index (κ3) is 4.52. The van der Waals surface area contributed by atoms with Gasteiger partial charge in [0.2, 0.25) is 11.8 Å². The Kier molecular flexibility index (Phi) is 6.04. The first kappa shape index (κ1) is 18.4. The van der Waals surface area contributed by atoms with Gasteiger partial charge in [0.05, 0.1) is 25.7 Å². The fraction of sp³-hybridized carbons (Fsp3) is 0.438. The average Bonchev–Trinajstić information content (AvgIpc) is 2.58. The smallest absolute Gasteiger partial charge is 0.319 e. The van der Waals surface area contributed by atoms with Crippen LogP contribution < -0.4 is 20.3 Å². The van der Waals surface area contributed by atoms with Crippen LogP contribution in [0.15, 0.2) is 17.3 Å². The molecule has 0 aliphatic rings. The predicted molar refractivity (Wildman–Crippen MR) is 91.0 cm³/mol. The summed E-state index contributed by atoms with van der Waals surface area (Å²) in [5.41, 5.74) is 1.20. The summed E-state index contributed by atoms with van der Waals surface area (Å²) >= 11 is 0. The van der Waals surface area contributed by atoms with E-state index in [-0.39, 0.29) is 24.0 Å². The molecule has 2 aromatic rings. The van der Waals surface area contributed by atoms with Gasteiger partial charge in [-0.25, -0.2) is 9.97 Å². The van der Waals surface area contributed by atoms with Crippen LogP contribution in [-0.4, -0.2) is 38.6 Å². The van der Waals surface area contributed by atoms with Gasteiger partial charge in [0, 0.05) is 11.3 Å². The van der Waals surface area contributed by atoms with E-state index in [1.807, 2.05) is 6.92 Å². The van der Waals surface area contributed by atoms with Crippen LogP contribution in [0.1, 0.15) is 25.1 Å². The van der Waals surface area contributed by atoms with Gasteiger partial charge < -0.3 is 14.8 Å². The molecule has 0 bridgehead atoms. The van der Waals surface area contributed by atoms with Crippen LogP contribution in [0.3, 0.4) is 0 Å². The Bertz CT molecular complexity index is 819. The third-order valence-electron chi connectivity index (χ3n) is 3.39. The minimum atomic E-state index is -0.416. The van der Waals surface area contributed by atoms with Gasteiger partial charge in [-0.05, 0) is 27.7 Å². The normalized spacial score (nSPS) is 10.4. The van der Waals surface area contributed by atoms with Crippen LogP contribution in [0.25, 0.3) is 0 Å². The molecule has 2 heterocycles. The van der Waals surface area contributed by atoms with Crippen molar-refractivity contribution in [1.82, 2.24) is 19.5 Å². The summed E-state index contributed by atoms with van der Waals surface area (Å²) in [5, 5.41) is 2.64. The zero-order chi connectivity index (χ0) is 18.4. The topological polar surface area (TPSA) is 108 Å². The number of hydrogen-bond acceptors (Lipinski definition) is 7. The molecule has 9 heteroatoms. The highest BCUT2D eigenvalue weighted by Gasteiger charge is 2.14. The molecule has 134 valence electrons. The molecule has 25 heavy (non-hydrogen) atoms. The van der Waals surface area contributed by atoms with Crippen LogP contribution in [-0.2, 0) is 11.3 Å². The lowest BCUT2D eigenvalue weighted by Gasteiger charge is -2.12. The standard InChI is InChI=1S/C16H21N5O4/c1-5-24-14-12(7-17-16(20-14)25-6-2)19-13(22)8-21-9-18-11(4)10(3)15(21)23/h7,9H,5-6,8H2,1-4H3,(H,19,22). The molecule has 1 N–H and O–H groups in total. The van der Waals surface area contributed by atoms with E-state index in [4.69, 9.17) is 9.47 Å². The van der Waals surface area contributed by atoms with Crippen molar-refractivity contribution in [2.24, 2.45) is 0 Å². The van der Waals surface area contributed by atoms with Gasteiger partial charge in [0.15, 0.2) is 0 Å². The van der Waals surface area contributed by atoms with E-state index in [9.17, 15) is 9.59 Å². The van der Waals surface area contributed by atoms with E-state index >= 15 is 0 Å². The summed E-state index contributed by atoms with van der Waals surface area (Å²) in [4.78, 5) is 36.6. The lowest BCUT2D eigenvalue weighted by Crippen LogP contribution is -2.29. The molecule has 0 aliphatic heterocycles. The van der Waals surface area contributed by atoms with E-state index < -0.39 is 5.91 Å². The van der Waals surface area contributed by atoms with Crippen molar-refractivity contribution in [1.29, 1.82) is 0 Å². The van der Waals surface area contributed by atoms with E-state index in [1.54, 1.807) is 20.8 Å². The maximum Gasteiger partial charge on any atom is 0.319 e. The van der Waals surface area contributed by atoms with Crippen LogP contribution in [0.4, 0.5) is 5.69 Å². The molecular weight excluding hydrogens is 326 g/mol. The summed E-state index contributed by atoms with van der Waals surface area (Å²) < 4.78 is 11.9. The maximum absolute atomic E-state index is 12.3. The van der Waals surface area contributed by atoms with Crippen molar-refractivity contribution < 1.29 is 14.3 Å². The molecule has 0 atom stereocenters. The number of ether oxygens (including phenoxy) is 2. The first-order valence-corrected chi connectivity index (χ1v) is 7.91. The van der Waals surface area contributed by atoms with Gasteiger partial charge in [-0.15, -0.1) is 0 Å². The predicted octanol–water partition coefficient (Wildman–Crippen LogP) is 1.09. The second kappa shape index (κ2) is 8.22. The van der Waals surface area contributed by atoms with E-state index in [0.717, 1.165) is 0 Å². The van der Waals surface area contributed by atoms with Crippen LogP contribution in [0.5, 0.6) is 11.9 Å². The monoisotopic (exact) mass is 347 g/mol. The molecule has 0 saturated heterocycles. The number of nitrogens with one attached hydrogen (secondary N) is 1. The fourth-order valence-electron chi connectivity index (χ4n) is 2.01. The van der Waals surface area contributed by atoms with Gasteiger partial charge in [-0.2, -0.15) is 4.98 Å². The molecule has 0 aliphatic carbocycles. The van der Waals surface area contributed by atoms with Gasteiger partial charge in [0.25, 0.3) is 5.56 Å². The fourth-order valence-corrected chi connectivity index (χ4v) is 2.01. The minimum Gasteiger partial charge on any atom is -0.476 e. The number of anilines is 1. The largest absolute Gasteiger partial charge is 0.476 e. The average molecular weight is 347 g/mol. The van der Waals surface area contributed by atoms with Gasteiger partial charge in [-0.1, -0.05) is 0 Å². The Morgan fingerprint density at radius 1 is 1.20 bits per heavy atom. The number of carbonyl (C=O) groups excluding carboxylic acids is 1. The Labute approximate surface area is 145 Å². The van der Waals surface area contributed by atoms with Gasteiger partial charge in [-0.3, -0.25) is 14.2 Å². The zero-order valence-corrected chi connectivity index (χ0v) is 14.7. The van der Waals surface area contributed by atoms with Crippen molar-refractivity contribution in [2.45, 2.75) is 34.2 Å². The zero-order valence-electron chi connectivity index (χ0n) is 14.7. The second-order valence-electron chi connectivity index (χ2n) is 5.17. The lowest BCUT2D eigenvalue weighted by atomic mass is 10.3. The van der Waals surface area contributed by atoms with Crippen LogP contribution in [0.2, 0.25) is 0 Å². The van der Waals surface area contributed by atoms with Crippen molar-refractivity contribution in [3.05, 3.63) is 34.1 Å². The quantitative estimate of drug-likeness (QED) is 0.798. The summed E-state index contributed by atoms with van der Waals surface area (Å²) in [7, 11) is 0. The van der Waals surface area contributed by atoms with Crippen molar-refractivity contribution in [3.8, 4) is 11.9 Å². The SMILES string of the molecule is CCOc1ncc(NC(=O)Cn2cnc(C)c(C)c2=O)c(OCC)n1. The Hall–Kier alpha value is -2.97. The number of carbonyl (C=O) groups is 1. The summed E-state index contributed by atoms with van der Waals surface area (Å²) in [6.45, 7) is 7.64. The number of amides is 1. The summed E-state index contributed by atoms with van der Waals surface area (Å²) in [5.74, 6) is -0.208. The Morgan fingerprint density at radius 2 is 1.92 bits per heavy atom. The Balaban J connectivity index is 2.17. The van der Waals surface area contributed by atoms with Crippen molar-refractivity contribution >= 4 is 11.6 Å². The molecule has 0 unspecified atom stereocenters. The number of hydrogen-bond donors (Lipinski definition) is 1. The molecule has 9 nitrogen and oxygen atoms in total. The number of aryl methyl sites for hydroxylation is 1. The molecule has 0 fully saturated rings. The lowest BCUT2D eigenvalue weighted by molar-refractivity contribution is -0.116. The van der Waals surface area contributed by atoms with Crippen LogP contribution >= 0.6 is 0 Å². The number of nitrogens with zero attached hydrogens (tertiary/aromatic N) is 4.